The Labute approximate surface area is 100 Å². The SMILES string of the molecule is O=C(O)CC(Cl)NC(=O)c1c(F)cccc1F. The molecule has 1 unspecified atom stereocenters. The van der Waals surface area contributed by atoms with E-state index in [1.54, 1.807) is 0 Å². The van der Waals surface area contributed by atoms with Gasteiger partial charge in [-0.05, 0) is 12.1 Å². The van der Waals surface area contributed by atoms with Crippen LogP contribution in [0.3, 0.4) is 0 Å². The minimum atomic E-state index is -1.24. The molecule has 0 heterocycles. The van der Waals surface area contributed by atoms with E-state index < -0.39 is 41.0 Å². The Kier molecular flexibility index (Phi) is 4.39. The maximum atomic E-state index is 13.2. The number of nitrogens with one attached hydrogen (secondary N) is 1. The van der Waals surface area contributed by atoms with Crippen molar-refractivity contribution in [3.63, 3.8) is 0 Å². The molecule has 0 fully saturated rings. The van der Waals surface area contributed by atoms with Gasteiger partial charge in [0, 0.05) is 0 Å². The summed E-state index contributed by atoms with van der Waals surface area (Å²) in [4.78, 5) is 21.7. The van der Waals surface area contributed by atoms with Gasteiger partial charge in [-0.3, -0.25) is 9.59 Å². The van der Waals surface area contributed by atoms with E-state index in [-0.39, 0.29) is 0 Å². The van der Waals surface area contributed by atoms with Gasteiger partial charge >= 0.3 is 5.97 Å². The molecule has 0 saturated carbocycles. The van der Waals surface area contributed by atoms with E-state index in [1.165, 1.54) is 0 Å². The van der Waals surface area contributed by atoms with Crippen LogP contribution in [0.25, 0.3) is 0 Å². The summed E-state index contributed by atoms with van der Waals surface area (Å²) in [5, 5.41) is 10.4. The lowest BCUT2D eigenvalue weighted by Gasteiger charge is -2.10. The normalized spacial score (nSPS) is 11.9. The van der Waals surface area contributed by atoms with Gasteiger partial charge in [-0.1, -0.05) is 17.7 Å². The number of aliphatic carboxylic acids is 1. The van der Waals surface area contributed by atoms with Crippen LogP contribution in [0.5, 0.6) is 0 Å². The third-order valence-corrected chi connectivity index (χ3v) is 2.09. The average molecular weight is 264 g/mol. The number of rotatable bonds is 4. The lowest BCUT2D eigenvalue weighted by atomic mass is 10.2. The average Bonchev–Trinajstić information content (AvgIpc) is 2.15. The van der Waals surface area contributed by atoms with Crippen LogP contribution in [0.1, 0.15) is 16.8 Å². The number of hydrogen-bond acceptors (Lipinski definition) is 2. The largest absolute Gasteiger partial charge is 0.481 e. The van der Waals surface area contributed by atoms with Crippen molar-refractivity contribution >= 4 is 23.5 Å². The van der Waals surface area contributed by atoms with Crippen molar-refractivity contribution in [2.75, 3.05) is 0 Å². The predicted molar refractivity (Wildman–Crippen MR) is 55.7 cm³/mol. The molecule has 0 aliphatic rings. The second-order valence-electron chi connectivity index (χ2n) is 3.14. The zero-order valence-electron chi connectivity index (χ0n) is 8.41. The van der Waals surface area contributed by atoms with Gasteiger partial charge in [-0.25, -0.2) is 8.78 Å². The summed E-state index contributed by atoms with van der Waals surface area (Å²) in [5.41, 5.74) is -2.03. The lowest BCUT2D eigenvalue weighted by Crippen LogP contribution is -2.33. The van der Waals surface area contributed by atoms with Gasteiger partial charge in [0.15, 0.2) is 0 Å². The predicted octanol–water partition coefficient (Wildman–Crippen LogP) is 1.73. The Bertz CT molecular complexity index is 433. The minimum Gasteiger partial charge on any atom is -0.481 e. The van der Waals surface area contributed by atoms with Gasteiger partial charge in [-0.2, -0.15) is 0 Å². The number of benzene rings is 1. The fraction of sp³-hybridized carbons (Fsp3) is 0.200. The molecular weight excluding hydrogens is 256 g/mol. The van der Waals surface area contributed by atoms with Crippen LogP contribution >= 0.6 is 11.6 Å². The van der Waals surface area contributed by atoms with Crippen LogP contribution in [0, 0.1) is 11.6 Å². The summed E-state index contributed by atoms with van der Waals surface area (Å²) in [6.45, 7) is 0. The number of hydrogen-bond donors (Lipinski definition) is 2. The van der Waals surface area contributed by atoms with Crippen molar-refractivity contribution in [2.24, 2.45) is 0 Å². The van der Waals surface area contributed by atoms with Crippen LogP contribution in [-0.4, -0.2) is 22.5 Å². The molecule has 4 nitrogen and oxygen atoms in total. The van der Waals surface area contributed by atoms with Gasteiger partial charge in [0.25, 0.3) is 5.91 Å². The molecule has 1 rings (SSSR count). The number of amides is 1. The highest BCUT2D eigenvalue weighted by Crippen LogP contribution is 2.12. The standard InChI is InChI=1S/C10H8ClF2NO3/c11-7(4-8(15)16)14-10(17)9-5(12)2-1-3-6(9)13/h1-3,7H,4H2,(H,14,17)(H,15,16). The number of carboxylic acid groups (broad SMARTS) is 1. The summed E-state index contributed by atoms with van der Waals surface area (Å²) in [7, 11) is 0. The minimum absolute atomic E-state index is 0.552. The van der Waals surface area contributed by atoms with Crippen molar-refractivity contribution in [1.29, 1.82) is 0 Å². The second-order valence-corrected chi connectivity index (χ2v) is 3.66. The van der Waals surface area contributed by atoms with Gasteiger partial charge in [0.1, 0.15) is 22.7 Å². The van der Waals surface area contributed by atoms with Crippen molar-refractivity contribution in [3.05, 3.63) is 35.4 Å². The molecule has 1 aromatic carbocycles. The zero-order chi connectivity index (χ0) is 13.0. The quantitative estimate of drug-likeness (QED) is 0.642. The Morgan fingerprint density at radius 1 is 1.35 bits per heavy atom. The first kappa shape index (κ1) is 13.4. The smallest absolute Gasteiger partial charge is 0.306 e. The molecule has 1 atom stereocenters. The molecule has 2 N–H and O–H groups in total. The van der Waals surface area contributed by atoms with Crippen molar-refractivity contribution in [2.45, 2.75) is 11.9 Å². The molecule has 1 amide bonds. The third kappa shape index (κ3) is 3.67. The molecule has 0 aliphatic heterocycles. The van der Waals surface area contributed by atoms with E-state index in [9.17, 15) is 18.4 Å². The zero-order valence-corrected chi connectivity index (χ0v) is 9.17. The number of alkyl halides is 1. The molecule has 1 aromatic rings. The van der Waals surface area contributed by atoms with Crippen LogP contribution < -0.4 is 5.32 Å². The van der Waals surface area contributed by atoms with Crippen molar-refractivity contribution < 1.29 is 23.5 Å². The topological polar surface area (TPSA) is 66.4 Å². The molecule has 17 heavy (non-hydrogen) atoms. The Morgan fingerprint density at radius 3 is 2.35 bits per heavy atom. The molecule has 0 aromatic heterocycles. The summed E-state index contributed by atoms with van der Waals surface area (Å²) in [6, 6.07) is 2.94. The number of carbonyl (C=O) groups excluding carboxylic acids is 1. The fourth-order valence-corrected chi connectivity index (χ4v) is 1.36. The van der Waals surface area contributed by atoms with Crippen LogP contribution in [0.15, 0.2) is 18.2 Å². The summed E-state index contributed by atoms with van der Waals surface area (Å²) < 4.78 is 26.3. The fourth-order valence-electron chi connectivity index (χ4n) is 1.13. The van der Waals surface area contributed by atoms with Gasteiger partial charge < -0.3 is 10.4 Å². The maximum absolute atomic E-state index is 13.2. The number of carbonyl (C=O) groups is 2. The summed E-state index contributed by atoms with van der Waals surface area (Å²) in [6.07, 6.45) is -0.552. The molecule has 7 heteroatoms. The maximum Gasteiger partial charge on any atom is 0.306 e. The van der Waals surface area contributed by atoms with Crippen LogP contribution in [0.2, 0.25) is 0 Å². The molecule has 0 bridgehead atoms. The number of halogens is 3. The number of carboxylic acids is 1. The van der Waals surface area contributed by atoms with E-state index in [1.807, 2.05) is 5.32 Å². The molecule has 0 saturated heterocycles. The van der Waals surface area contributed by atoms with E-state index in [2.05, 4.69) is 0 Å². The Morgan fingerprint density at radius 2 is 1.88 bits per heavy atom. The van der Waals surface area contributed by atoms with Crippen molar-refractivity contribution in [1.82, 2.24) is 5.32 Å². The highest BCUT2D eigenvalue weighted by molar-refractivity contribution is 6.22. The highest BCUT2D eigenvalue weighted by Gasteiger charge is 2.20. The molecule has 92 valence electrons. The van der Waals surface area contributed by atoms with Crippen molar-refractivity contribution in [3.8, 4) is 0 Å². The Balaban J connectivity index is 2.80. The van der Waals surface area contributed by atoms with Crippen LogP contribution in [0.4, 0.5) is 8.78 Å². The summed E-state index contributed by atoms with van der Waals surface area (Å²) >= 11 is 5.47. The second kappa shape index (κ2) is 5.58. The van der Waals surface area contributed by atoms with E-state index in [4.69, 9.17) is 16.7 Å². The third-order valence-electron chi connectivity index (χ3n) is 1.83. The lowest BCUT2D eigenvalue weighted by molar-refractivity contribution is -0.137. The highest BCUT2D eigenvalue weighted by atomic mass is 35.5. The summed E-state index contributed by atoms with van der Waals surface area (Å²) in [5.74, 6) is -4.41. The van der Waals surface area contributed by atoms with Crippen LogP contribution in [-0.2, 0) is 4.79 Å². The van der Waals surface area contributed by atoms with Gasteiger partial charge in [0.2, 0.25) is 0 Å². The van der Waals surface area contributed by atoms with E-state index in [0.717, 1.165) is 18.2 Å². The molecule has 0 aliphatic carbocycles. The van der Waals surface area contributed by atoms with E-state index in [0.29, 0.717) is 0 Å². The first-order valence-corrected chi connectivity index (χ1v) is 4.96. The Hall–Kier alpha value is -1.69. The van der Waals surface area contributed by atoms with E-state index >= 15 is 0 Å². The first-order valence-electron chi connectivity index (χ1n) is 4.52. The molecule has 0 radical (unpaired) electrons. The molecular formula is C10H8ClF2NO3. The monoisotopic (exact) mass is 263 g/mol. The first-order chi connectivity index (χ1) is 7.91. The van der Waals surface area contributed by atoms with Gasteiger partial charge in [-0.15, -0.1) is 0 Å². The molecule has 0 spiro atoms. The van der Waals surface area contributed by atoms with Gasteiger partial charge in [0.05, 0.1) is 6.42 Å².